The molecule has 18 heavy (non-hydrogen) atoms. The van der Waals surface area contributed by atoms with Crippen molar-refractivity contribution in [3.8, 4) is 0 Å². The summed E-state index contributed by atoms with van der Waals surface area (Å²) in [6, 6.07) is 0. The molecular weight excluding hydrogens is 222 g/mol. The van der Waals surface area contributed by atoms with Gasteiger partial charge in [0, 0.05) is 19.7 Å². The molecule has 0 aromatic rings. The number of hydrogen-bond donors (Lipinski definition) is 1. The summed E-state index contributed by atoms with van der Waals surface area (Å²) < 4.78 is 0. The van der Waals surface area contributed by atoms with Crippen LogP contribution in [0.1, 0.15) is 58.3 Å². The summed E-state index contributed by atoms with van der Waals surface area (Å²) in [6.07, 6.45) is 16.8. The van der Waals surface area contributed by atoms with Gasteiger partial charge in [0.1, 0.15) is 0 Å². The first-order valence-corrected chi connectivity index (χ1v) is 7.52. The van der Waals surface area contributed by atoms with Crippen molar-refractivity contribution >= 4 is 0 Å². The smallest absolute Gasteiger partial charge is 0.0431 e. The zero-order valence-corrected chi connectivity index (χ0v) is 11.9. The van der Waals surface area contributed by atoms with Crippen molar-refractivity contribution in [1.29, 1.82) is 0 Å². The lowest BCUT2D eigenvalue weighted by Crippen LogP contribution is -2.22. The minimum absolute atomic E-state index is 0.358. The third kappa shape index (κ3) is 7.54. The normalized spacial score (nSPS) is 15.0. The minimum atomic E-state index is 0.358. The second-order valence-corrected chi connectivity index (χ2v) is 5.38. The van der Waals surface area contributed by atoms with Crippen molar-refractivity contribution in [2.45, 2.75) is 58.3 Å². The fourth-order valence-electron chi connectivity index (χ4n) is 2.40. The molecule has 0 fully saturated rings. The zero-order valence-electron chi connectivity index (χ0n) is 11.9. The number of hydrogen-bond acceptors (Lipinski definition) is 2. The Kier molecular flexibility index (Phi) is 8.66. The topological polar surface area (TPSA) is 23.5 Å². The second-order valence-electron chi connectivity index (χ2n) is 5.38. The average Bonchev–Trinajstić information content (AvgIpc) is 2.37. The van der Waals surface area contributed by atoms with Gasteiger partial charge in [-0.15, -0.1) is 0 Å². The number of aliphatic hydroxyl groups is 1. The zero-order chi connectivity index (χ0) is 13.1. The highest BCUT2D eigenvalue weighted by Crippen LogP contribution is 2.11. The molecule has 1 aliphatic rings. The fraction of sp³-hybridized carbons (Fsp3) is 0.750. The van der Waals surface area contributed by atoms with Crippen LogP contribution in [-0.4, -0.2) is 29.7 Å². The first-order valence-electron chi connectivity index (χ1n) is 7.52. The summed E-state index contributed by atoms with van der Waals surface area (Å²) >= 11 is 0. The molecule has 2 heteroatoms. The molecule has 0 unspecified atom stereocenters. The van der Waals surface area contributed by atoms with Gasteiger partial charge >= 0.3 is 0 Å². The summed E-state index contributed by atoms with van der Waals surface area (Å²) in [5, 5.41) is 8.67. The maximum absolute atomic E-state index is 8.67. The molecule has 1 rings (SSSR count). The van der Waals surface area contributed by atoms with Gasteiger partial charge in [-0.3, -0.25) is 0 Å². The van der Waals surface area contributed by atoms with E-state index < -0.39 is 0 Å². The summed E-state index contributed by atoms with van der Waals surface area (Å²) in [4.78, 5) is 2.41. The lowest BCUT2D eigenvalue weighted by Gasteiger charge is -2.23. The Bertz CT molecular complexity index is 258. The molecule has 104 valence electrons. The summed E-state index contributed by atoms with van der Waals surface area (Å²) in [6.45, 7) is 4.87. The highest BCUT2D eigenvalue weighted by atomic mass is 16.2. The van der Waals surface area contributed by atoms with E-state index in [1.165, 1.54) is 57.1 Å². The van der Waals surface area contributed by atoms with Crippen molar-refractivity contribution in [3.63, 3.8) is 0 Å². The lowest BCUT2D eigenvalue weighted by molar-refractivity contribution is 0.282. The van der Waals surface area contributed by atoms with Gasteiger partial charge in [-0.2, -0.15) is 0 Å². The molecular formula is C16H29NO. The predicted octanol–water partition coefficient (Wildman–Crippen LogP) is 3.88. The van der Waals surface area contributed by atoms with E-state index in [4.69, 9.17) is 5.11 Å². The molecule has 1 N–H and O–H groups in total. The maximum atomic E-state index is 8.67. The van der Waals surface area contributed by atoms with Crippen LogP contribution in [0, 0.1) is 0 Å². The largest absolute Gasteiger partial charge is 0.396 e. The van der Waals surface area contributed by atoms with E-state index in [1.807, 2.05) is 0 Å². The molecule has 0 aliphatic carbocycles. The molecule has 0 atom stereocenters. The van der Waals surface area contributed by atoms with Gasteiger partial charge in [0.05, 0.1) is 0 Å². The highest BCUT2D eigenvalue weighted by molar-refractivity contribution is 5.16. The number of rotatable bonds is 10. The van der Waals surface area contributed by atoms with Gasteiger partial charge in [0.15, 0.2) is 0 Å². The van der Waals surface area contributed by atoms with Crippen molar-refractivity contribution in [2.24, 2.45) is 0 Å². The van der Waals surface area contributed by atoms with E-state index in [9.17, 15) is 0 Å². The third-order valence-electron chi connectivity index (χ3n) is 3.48. The summed E-state index contributed by atoms with van der Waals surface area (Å²) in [5.41, 5.74) is 1.46. The van der Waals surface area contributed by atoms with Crippen LogP contribution in [0.2, 0.25) is 0 Å². The predicted molar refractivity (Wildman–Crippen MR) is 78.5 cm³/mol. The summed E-state index contributed by atoms with van der Waals surface area (Å²) in [5.74, 6) is 0. The number of unbranched alkanes of at least 4 members (excludes halogenated alkanes) is 7. The Hall–Kier alpha value is -0.760. The molecule has 0 saturated carbocycles. The Morgan fingerprint density at radius 2 is 1.61 bits per heavy atom. The average molecular weight is 251 g/mol. The lowest BCUT2D eigenvalue weighted by atomic mass is 10.1. The van der Waals surface area contributed by atoms with Crippen LogP contribution in [0.5, 0.6) is 0 Å². The fourth-order valence-corrected chi connectivity index (χ4v) is 2.40. The SMILES string of the molecule is CC1=CC=CN(CCCCCCCCCCO)C1. The van der Waals surface area contributed by atoms with E-state index in [1.54, 1.807) is 0 Å². The number of nitrogens with zero attached hydrogens (tertiary/aromatic N) is 1. The molecule has 0 saturated heterocycles. The highest BCUT2D eigenvalue weighted by Gasteiger charge is 2.02. The van der Waals surface area contributed by atoms with Crippen LogP contribution >= 0.6 is 0 Å². The third-order valence-corrected chi connectivity index (χ3v) is 3.48. The van der Waals surface area contributed by atoms with Crippen LogP contribution < -0.4 is 0 Å². The van der Waals surface area contributed by atoms with Crippen LogP contribution in [0.15, 0.2) is 23.9 Å². The first-order chi connectivity index (χ1) is 8.83. The molecule has 1 heterocycles. The molecule has 0 aromatic carbocycles. The summed E-state index contributed by atoms with van der Waals surface area (Å²) in [7, 11) is 0. The Morgan fingerprint density at radius 3 is 2.22 bits per heavy atom. The van der Waals surface area contributed by atoms with Crippen molar-refractivity contribution in [1.82, 2.24) is 4.90 Å². The van der Waals surface area contributed by atoms with E-state index >= 15 is 0 Å². The van der Waals surface area contributed by atoms with Gasteiger partial charge in [-0.25, -0.2) is 0 Å². The minimum Gasteiger partial charge on any atom is -0.396 e. The van der Waals surface area contributed by atoms with Crippen LogP contribution in [0.4, 0.5) is 0 Å². The number of aliphatic hydroxyl groups excluding tert-OH is 1. The van der Waals surface area contributed by atoms with Gasteiger partial charge in [0.25, 0.3) is 0 Å². The van der Waals surface area contributed by atoms with Crippen molar-refractivity contribution in [3.05, 3.63) is 23.9 Å². The standard InChI is InChI=1S/C16H29NO/c1-16-11-10-13-17(15-16)12-8-6-4-2-3-5-7-9-14-18/h10-11,13,18H,2-9,12,14-15H2,1H3. The monoisotopic (exact) mass is 251 g/mol. The van der Waals surface area contributed by atoms with E-state index in [2.05, 4.69) is 30.2 Å². The molecule has 0 bridgehead atoms. The second kappa shape index (κ2) is 10.2. The van der Waals surface area contributed by atoms with Gasteiger partial charge in [-0.05, 0) is 32.0 Å². The van der Waals surface area contributed by atoms with Crippen molar-refractivity contribution in [2.75, 3.05) is 19.7 Å². The van der Waals surface area contributed by atoms with E-state index in [-0.39, 0.29) is 0 Å². The Morgan fingerprint density at radius 1 is 1.00 bits per heavy atom. The first kappa shape index (κ1) is 15.3. The molecule has 1 aliphatic heterocycles. The molecule has 2 nitrogen and oxygen atoms in total. The number of allylic oxidation sites excluding steroid dienone is 2. The van der Waals surface area contributed by atoms with Crippen LogP contribution in [-0.2, 0) is 0 Å². The molecule has 0 amide bonds. The van der Waals surface area contributed by atoms with E-state index in [0.717, 1.165) is 13.0 Å². The maximum Gasteiger partial charge on any atom is 0.0431 e. The van der Waals surface area contributed by atoms with Gasteiger partial charge in [0.2, 0.25) is 0 Å². The molecule has 0 spiro atoms. The molecule has 0 aromatic heterocycles. The quantitative estimate of drug-likeness (QED) is 0.596. The Balaban J connectivity index is 1.84. The van der Waals surface area contributed by atoms with Gasteiger partial charge in [-0.1, -0.05) is 50.2 Å². The van der Waals surface area contributed by atoms with E-state index in [0.29, 0.717) is 6.61 Å². The van der Waals surface area contributed by atoms with Crippen LogP contribution in [0.3, 0.4) is 0 Å². The van der Waals surface area contributed by atoms with Gasteiger partial charge < -0.3 is 10.0 Å². The Labute approximate surface area is 112 Å². The van der Waals surface area contributed by atoms with Crippen LogP contribution in [0.25, 0.3) is 0 Å². The molecule has 0 radical (unpaired) electrons. The van der Waals surface area contributed by atoms with Crippen molar-refractivity contribution < 1.29 is 5.11 Å².